The van der Waals surface area contributed by atoms with E-state index in [2.05, 4.69) is 5.32 Å². The zero-order chi connectivity index (χ0) is 36.4. The number of nitriles is 1. The highest BCUT2D eigenvalue weighted by Crippen LogP contribution is 2.13. The molecule has 0 aliphatic heterocycles. The minimum atomic E-state index is -0.161. The minimum absolute atomic E-state index is 0.127. The molecule has 0 aliphatic carbocycles. The van der Waals surface area contributed by atoms with Gasteiger partial charge in [0.25, 0.3) is 17.7 Å². The molecular weight excluding hydrogens is 608 g/mol. The maximum Gasteiger partial charge on any atom is 0.255 e. The molecule has 48 heavy (non-hydrogen) atoms. The van der Waals surface area contributed by atoms with E-state index in [9.17, 15) is 24.0 Å². The first-order valence-corrected chi connectivity index (χ1v) is 15.4. The number of nitrogens with zero attached hydrogens (tertiary/aromatic N) is 5. The van der Waals surface area contributed by atoms with Crippen LogP contribution in [0.25, 0.3) is 0 Å². The van der Waals surface area contributed by atoms with Crippen LogP contribution >= 0.6 is 0 Å². The molecule has 0 saturated heterocycles. The maximum absolute atomic E-state index is 11.9. The fourth-order valence-corrected chi connectivity index (χ4v) is 3.87. The summed E-state index contributed by atoms with van der Waals surface area (Å²) in [4.78, 5) is 64.0. The molecule has 256 valence electrons. The third kappa shape index (κ3) is 14.3. The number of nitrogens with one attached hydrogen (secondary N) is 1. The quantitative estimate of drug-likeness (QED) is 0.325. The molecule has 0 saturated carbocycles. The highest BCUT2D eigenvalue weighted by molar-refractivity contribution is 6.07. The van der Waals surface area contributed by atoms with Crippen molar-refractivity contribution in [2.45, 2.75) is 32.6 Å². The lowest BCUT2D eigenvalue weighted by Gasteiger charge is -2.16. The molecule has 0 atom stereocenters. The minimum Gasteiger partial charge on any atom is -0.349 e. The Bertz CT molecular complexity index is 1500. The number of unbranched alkanes of at least 4 members (excludes halogenated alkanes) is 1. The summed E-state index contributed by atoms with van der Waals surface area (Å²) in [6, 6.07) is 23.0. The summed E-state index contributed by atoms with van der Waals surface area (Å²) >= 11 is 0. The van der Waals surface area contributed by atoms with Crippen molar-refractivity contribution in [2.24, 2.45) is 0 Å². The average molecular weight is 657 g/mol. The molecule has 0 bridgehead atoms. The number of benzene rings is 3. The largest absolute Gasteiger partial charge is 0.349 e. The van der Waals surface area contributed by atoms with Gasteiger partial charge in [0.05, 0.1) is 22.8 Å². The van der Waals surface area contributed by atoms with Crippen LogP contribution in [-0.2, 0) is 9.59 Å². The maximum atomic E-state index is 11.9. The Hall–Kier alpha value is -5.50. The number of anilines is 1. The average Bonchev–Trinajstić information content (AvgIpc) is 3.06. The van der Waals surface area contributed by atoms with Crippen LogP contribution in [0.5, 0.6) is 0 Å². The smallest absolute Gasteiger partial charge is 0.255 e. The SMILES string of the molecule is CN(C)C(=O)CCCCC(=O)N(C)C.CN(C)C(=O)c1ccccc1C(=O)N(C)C.Cc1ccc(C(=O)Nc2ccc(C#N)cc2)cc1. The van der Waals surface area contributed by atoms with E-state index in [-0.39, 0.29) is 29.5 Å². The monoisotopic (exact) mass is 656 g/mol. The lowest BCUT2D eigenvalue weighted by Crippen LogP contribution is -2.28. The number of aryl methyl sites for hydroxylation is 1. The predicted molar refractivity (Wildman–Crippen MR) is 189 cm³/mol. The molecule has 3 aromatic rings. The van der Waals surface area contributed by atoms with Crippen molar-refractivity contribution in [1.29, 1.82) is 5.26 Å². The summed E-state index contributed by atoms with van der Waals surface area (Å²) in [5.41, 5.74) is 3.86. The van der Waals surface area contributed by atoms with Crippen LogP contribution in [0.1, 0.15) is 67.9 Å². The van der Waals surface area contributed by atoms with Crippen molar-refractivity contribution >= 4 is 35.2 Å². The Morgan fingerprint density at radius 2 is 1.02 bits per heavy atom. The lowest BCUT2D eigenvalue weighted by molar-refractivity contribution is -0.130. The van der Waals surface area contributed by atoms with Gasteiger partial charge >= 0.3 is 0 Å². The van der Waals surface area contributed by atoms with E-state index in [4.69, 9.17) is 5.26 Å². The van der Waals surface area contributed by atoms with Gasteiger partial charge in [-0.05, 0) is 68.3 Å². The summed E-state index contributed by atoms with van der Waals surface area (Å²) in [6.45, 7) is 1.97. The van der Waals surface area contributed by atoms with Gasteiger partial charge in [-0.3, -0.25) is 24.0 Å². The van der Waals surface area contributed by atoms with Crippen LogP contribution in [0.4, 0.5) is 5.69 Å². The molecule has 0 aliphatic rings. The van der Waals surface area contributed by atoms with Gasteiger partial charge < -0.3 is 24.9 Å². The number of hydrogen-bond acceptors (Lipinski definition) is 6. The molecule has 0 fully saturated rings. The van der Waals surface area contributed by atoms with E-state index >= 15 is 0 Å². The standard InChI is InChI=1S/C15H12N2O.C12H16N2O2.C10H20N2O2/c1-11-2-6-13(7-3-11)15(18)17-14-8-4-12(10-16)5-9-14;1-13(2)11(15)9-7-5-6-8-10(9)12(16)14(3)4;1-11(2)9(13)7-5-6-8-10(14)12(3)4/h2-9H,1H3,(H,17,18);5-8H,1-4H3;5-8H2,1-4H3. The van der Waals surface area contributed by atoms with Crippen LogP contribution in [0.2, 0.25) is 0 Å². The first kappa shape index (κ1) is 40.5. The molecule has 5 amide bonds. The molecular formula is C37H48N6O5. The Labute approximate surface area is 284 Å². The van der Waals surface area contributed by atoms with E-state index in [1.54, 1.807) is 127 Å². The Kier molecular flexibility index (Phi) is 17.4. The van der Waals surface area contributed by atoms with E-state index in [0.717, 1.165) is 18.4 Å². The molecule has 3 rings (SSSR count). The third-order valence-corrected chi connectivity index (χ3v) is 6.81. The summed E-state index contributed by atoms with van der Waals surface area (Å²) in [5.74, 6) is -0.221. The molecule has 1 N–H and O–H groups in total. The topological polar surface area (TPSA) is 134 Å². The van der Waals surface area contributed by atoms with E-state index in [0.29, 0.717) is 40.8 Å². The van der Waals surface area contributed by atoms with Crippen LogP contribution in [-0.4, -0.2) is 106 Å². The number of carbonyl (C=O) groups is 5. The van der Waals surface area contributed by atoms with Crippen LogP contribution < -0.4 is 5.32 Å². The van der Waals surface area contributed by atoms with Gasteiger partial charge in [-0.15, -0.1) is 0 Å². The zero-order valence-electron chi connectivity index (χ0n) is 29.5. The van der Waals surface area contributed by atoms with Gasteiger partial charge in [0, 0.05) is 80.5 Å². The second-order valence-corrected chi connectivity index (χ2v) is 11.7. The van der Waals surface area contributed by atoms with Gasteiger partial charge in [-0.2, -0.15) is 5.26 Å². The Balaban J connectivity index is 0.000000364. The van der Waals surface area contributed by atoms with Gasteiger partial charge in [0.15, 0.2) is 0 Å². The second kappa shape index (κ2) is 20.6. The lowest BCUT2D eigenvalue weighted by atomic mass is 10.1. The van der Waals surface area contributed by atoms with Crippen LogP contribution in [0.3, 0.4) is 0 Å². The van der Waals surface area contributed by atoms with E-state index in [1.807, 2.05) is 25.1 Å². The summed E-state index contributed by atoms with van der Waals surface area (Å²) in [7, 11) is 13.6. The summed E-state index contributed by atoms with van der Waals surface area (Å²) < 4.78 is 0. The first-order chi connectivity index (χ1) is 22.6. The van der Waals surface area contributed by atoms with Crippen molar-refractivity contribution < 1.29 is 24.0 Å². The molecule has 0 heterocycles. The van der Waals surface area contributed by atoms with Crippen molar-refractivity contribution in [3.63, 3.8) is 0 Å². The van der Waals surface area contributed by atoms with Crippen molar-refractivity contribution in [3.05, 3.63) is 101 Å². The van der Waals surface area contributed by atoms with Gasteiger partial charge in [0.1, 0.15) is 0 Å². The first-order valence-electron chi connectivity index (χ1n) is 15.4. The molecule has 11 nitrogen and oxygen atoms in total. The summed E-state index contributed by atoms with van der Waals surface area (Å²) in [5, 5.41) is 11.5. The number of rotatable bonds is 9. The van der Waals surface area contributed by atoms with E-state index < -0.39 is 0 Å². The highest BCUT2D eigenvalue weighted by Gasteiger charge is 2.18. The molecule has 0 radical (unpaired) electrons. The van der Waals surface area contributed by atoms with Crippen molar-refractivity contribution in [1.82, 2.24) is 19.6 Å². The van der Waals surface area contributed by atoms with Crippen LogP contribution in [0.15, 0.2) is 72.8 Å². The second-order valence-electron chi connectivity index (χ2n) is 11.7. The van der Waals surface area contributed by atoms with Gasteiger partial charge in [-0.1, -0.05) is 29.8 Å². The van der Waals surface area contributed by atoms with Gasteiger partial charge in [-0.25, -0.2) is 0 Å². The van der Waals surface area contributed by atoms with Crippen molar-refractivity contribution in [2.75, 3.05) is 61.7 Å². The van der Waals surface area contributed by atoms with Crippen molar-refractivity contribution in [3.8, 4) is 6.07 Å². The fourth-order valence-electron chi connectivity index (χ4n) is 3.87. The van der Waals surface area contributed by atoms with Gasteiger partial charge in [0.2, 0.25) is 11.8 Å². The number of carbonyl (C=O) groups excluding carboxylic acids is 5. The Morgan fingerprint density at radius 1 is 0.604 bits per heavy atom. The fraction of sp³-hybridized carbons (Fsp3) is 0.351. The zero-order valence-corrected chi connectivity index (χ0v) is 29.5. The predicted octanol–water partition coefficient (Wildman–Crippen LogP) is 4.93. The molecule has 0 aromatic heterocycles. The molecule has 3 aromatic carbocycles. The van der Waals surface area contributed by atoms with Crippen LogP contribution in [0, 0.1) is 18.3 Å². The number of amides is 5. The molecule has 0 unspecified atom stereocenters. The normalized spacial score (nSPS) is 9.67. The number of hydrogen-bond donors (Lipinski definition) is 1. The Morgan fingerprint density at radius 3 is 1.38 bits per heavy atom. The third-order valence-electron chi connectivity index (χ3n) is 6.81. The molecule has 11 heteroatoms. The summed E-state index contributed by atoms with van der Waals surface area (Å²) in [6.07, 6.45) is 2.65. The highest BCUT2D eigenvalue weighted by atomic mass is 16.2. The van der Waals surface area contributed by atoms with E-state index in [1.165, 1.54) is 9.80 Å². The molecule has 0 spiro atoms.